The molecule has 3 aromatic rings. The quantitative estimate of drug-likeness (QED) is 0.754. The molecule has 0 bridgehead atoms. The largest absolute Gasteiger partial charge is 0.361 e. The molecule has 2 heterocycles. The van der Waals surface area contributed by atoms with Crippen molar-refractivity contribution in [1.82, 2.24) is 9.88 Å². The van der Waals surface area contributed by atoms with E-state index in [2.05, 4.69) is 22.4 Å². The van der Waals surface area contributed by atoms with E-state index in [0.717, 1.165) is 35.2 Å². The van der Waals surface area contributed by atoms with E-state index in [1.165, 1.54) is 5.39 Å². The lowest BCUT2D eigenvalue weighted by molar-refractivity contribution is 0.0667. The van der Waals surface area contributed by atoms with Gasteiger partial charge in [0.15, 0.2) is 0 Å². The van der Waals surface area contributed by atoms with E-state index in [9.17, 15) is 4.79 Å². The van der Waals surface area contributed by atoms with Crippen molar-refractivity contribution in [3.63, 3.8) is 0 Å². The molecule has 4 nitrogen and oxygen atoms in total. The number of amides is 1. The highest BCUT2D eigenvalue weighted by molar-refractivity contribution is 6.02. The molecule has 2 aromatic carbocycles. The maximum absolute atomic E-state index is 13.0. The number of hydrogen-bond donors (Lipinski definition) is 2. The van der Waals surface area contributed by atoms with Gasteiger partial charge >= 0.3 is 0 Å². The van der Waals surface area contributed by atoms with E-state index in [1.54, 1.807) is 0 Å². The predicted molar refractivity (Wildman–Crippen MR) is 90.3 cm³/mol. The lowest BCUT2D eigenvalue weighted by Crippen LogP contribution is -2.44. The van der Waals surface area contributed by atoms with Gasteiger partial charge < -0.3 is 15.2 Å². The highest BCUT2D eigenvalue weighted by Crippen LogP contribution is 2.42. The zero-order valence-electron chi connectivity index (χ0n) is 12.6. The van der Waals surface area contributed by atoms with Gasteiger partial charge in [-0.25, -0.2) is 0 Å². The van der Waals surface area contributed by atoms with Crippen molar-refractivity contribution in [1.29, 1.82) is 0 Å². The minimum Gasteiger partial charge on any atom is -0.361 e. The van der Waals surface area contributed by atoms with Crippen LogP contribution in [0.25, 0.3) is 10.9 Å². The molecule has 1 aromatic heterocycles. The Morgan fingerprint density at radius 1 is 1.00 bits per heavy atom. The third-order valence-electron chi connectivity index (χ3n) is 4.82. The molecule has 2 aliphatic rings. The number of rotatable bonds is 2. The molecule has 0 saturated heterocycles. The van der Waals surface area contributed by atoms with E-state index < -0.39 is 0 Å². The van der Waals surface area contributed by atoms with Crippen molar-refractivity contribution < 1.29 is 4.79 Å². The van der Waals surface area contributed by atoms with Crippen LogP contribution >= 0.6 is 0 Å². The van der Waals surface area contributed by atoms with Gasteiger partial charge in [0, 0.05) is 34.4 Å². The number of aromatic amines is 1. The summed E-state index contributed by atoms with van der Waals surface area (Å²) in [4.78, 5) is 18.4. The number of hydrogen-bond acceptors (Lipinski definition) is 2. The number of carbonyl (C=O) groups excluding carboxylic acids is 1. The van der Waals surface area contributed by atoms with E-state index in [0.29, 0.717) is 6.04 Å². The Morgan fingerprint density at radius 2 is 1.78 bits per heavy atom. The van der Waals surface area contributed by atoms with Crippen LogP contribution in [-0.2, 0) is 0 Å². The summed E-state index contributed by atoms with van der Waals surface area (Å²) in [5.41, 5.74) is 3.93. The van der Waals surface area contributed by atoms with Crippen LogP contribution in [-0.4, -0.2) is 21.8 Å². The van der Waals surface area contributed by atoms with Crippen molar-refractivity contribution in [3.05, 3.63) is 65.9 Å². The molecular formula is C19H17N3O. The summed E-state index contributed by atoms with van der Waals surface area (Å²) in [7, 11) is 0. The highest BCUT2D eigenvalue weighted by Gasteiger charge is 2.42. The normalized spacial score (nSPS) is 20.4. The lowest BCUT2D eigenvalue weighted by Gasteiger charge is -2.38. The second-order valence-electron chi connectivity index (χ2n) is 6.33. The number of anilines is 1. The second-order valence-corrected chi connectivity index (χ2v) is 6.33. The fourth-order valence-electron chi connectivity index (χ4n) is 3.55. The van der Waals surface area contributed by atoms with Crippen LogP contribution in [0.15, 0.2) is 54.7 Å². The van der Waals surface area contributed by atoms with Crippen molar-refractivity contribution in [2.75, 3.05) is 5.32 Å². The first kappa shape index (κ1) is 12.8. The van der Waals surface area contributed by atoms with Gasteiger partial charge in [0.1, 0.15) is 6.17 Å². The van der Waals surface area contributed by atoms with Gasteiger partial charge in [0.2, 0.25) is 0 Å². The van der Waals surface area contributed by atoms with Crippen LogP contribution < -0.4 is 5.32 Å². The van der Waals surface area contributed by atoms with Crippen LogP contribution in [0.2, 0.25) is 0 Å². The third-order valence-corrected chi connectivity index (χ3v) is 4.82. The first-order valence-electron chi connectivity index (χ1n) is 8.07. The molecule has 4 heteroatoms. The topological polar surface area (TPSA) is 48.1 Å². The van der Waals surface area contributed by atoms with Gasteiger partial charge in [0.05, 0.1) is 5.56 Å². The number of nitrogens with zero attached hydrogens (tertiary/aromatic N) is 1. The molecule has 1 aliphatic carbocycles. The van der Waals surface area contributed by atoms with Gasteiger partial charge in [-0.3, -0.25) is 4.79 Å². The monoisotopic (exact) mass is 303 g/mol. The van der Waals surface area contributed by atoms with Gasteiger partial charge in [-0.05, 0) is 31.0 Å². The second kappa shape index (κ2) is 4.62. The molecule has 0 spiro atoms. The van der Waals surface area contributed by atoms with Crippen LogP contribution in [0.3, 0.4) is 0 Å². The molecule has 5 rings (SSSR count). The molecule has 2 N–H and O–H groups in total. The predicted octanol–water partition coefficient (Wildman–Crippen LogP) is 3.90. The first-order valence-corrected chi connectivity index (χ1v) is 8.07. The summed E-state index contributed by atoms with van der Waals surface area (Å²) in [6.45, 7) is 0. The lowest BCUT2D eigenvalue weighted by atomic mass is 10.0. The van der Waals surface area contributed by atoms with Gasteiger partial charge in [-0.2, -0.15) is 0 Å². The first-order chi connectivity index (χ1) is 11.3. The SMILES string of the molecule is O=C1c2ccccc2N[C@@H](c2c[nH]c3ccccc23)N1C1CC1. The van der Waals surface area contributed by atoms with Crippen molar-refractivity contribution >= 4 is 22.5 Å². The van der Waals surface area contributed by atoms with Gasteiger partial charge in [-0.15, -0.1) is 0 Å². The number of benzene rings is 2. The number of para-hydroxylation sites is 2. The zero-order chi connectivity index (χ0) is 15.4. The summed E-state index contributed by atoms with van der Waals surface area (Å²) < 4.78 is 0. The van der Waals surface area contributed by atoms with Gasteiger partial charge in [0.25, 0.3) is 5.91 Å². The summed E-state index contributed by atoms with van der Waals surface area (Å²) >= 11 is 0. The van der Waals surface area contributed by atoms with Gasteiger partial charge in [-0.1, -0.05) is 30.3 Å². The third kappa shape index (κ3) is 1.88. The maximum atomic E-state index is 13.0. The number of fused-ring (bicyclic) bond motifs is 2. The number of H-pyrrole nitrogens is 1. The van der Waals surface area contributed by atoms with Crippen molar-refractivity contribution in [2.24, 2.45) is 0 Å². The molecule has 114 valence electrons. The van der Waals surface area contributed by atoms with E-state index in [-0.39, 0.29) is 12.1 Å². The Balaban J connectivity index is 1.67. The summed E-state index contributed by atoms with van der Waals surface area (Å²) in [5, 5.41) is 4.75. The Bertz CT molecular complexity index is 910. The summed E-state index contributed by atoms with van der Waals surface area (Å²) in [5.74, 6) is 0.136. The van der Waals surface area contributed by atoms with Crippen LogP contribution in [0, 0.1) is 0 Å². The Labute approximate surface area is 134 Å². The summed E-state index contributed by atoms with van der Waals surface area (Å²) in [6.07, 6.45) is 4.10. The smallest absolute Gasteiger partial charge is 0.258 e. The van der Waals surface area contributed by atoms with Crippen LogP contribution in [0.1, 0.15) is 34.9 Å². The molecule has 23 heavy (non-hydrogen) atoms. The van der Waals surface area contributed by atoms with E-state index in [4.69, 9.17) is 0 Å². The number of carbonyl (C=O) groups is 1. The van der Waals surface area contributed by atoms with Crippen molar-refractivity contribution in [3.8, 4) is 0 Å². The molecular weight excluding hydrogens is 286 g/mol. The molecule has 0 radical (unpaired) electrons. The Hall–Kier alpha value is -2.75. The molecule has 1 fully saturated rings. The molecule has 1 amide bonds. The van der Waals surface area contributed by atoms with Crippen LogP contribution in [0.5, 0.6) is 0 Å². The molecule has 1 atom stereocenters. The van der Waals surface area contributed by atoms with E-state index >= 15 is 0 Å². The average Bonchev–Trinajstić information content (AvgIpc) is 3.33. The fraction of sp³-hybridized carbons (Fsp3) is 0.211. The zero-order valence-corrected chi connectivity index (χ0v) is 12.6. The fourth-order valence-corrected chi connectivity index (χ4v) is 3.55. The number of aromatic nitrogens is 1. The standard InChI is InChI=1S/C19H17N3O/c23-19-14-6-2-4-8-17(14)21-18(22(19)12-9-10-12)15-11-20-16-7-3-1-5-13(15)16/h1-8,11-12,18,20-21H,9-10H2/t18-/m1/s1. The minimum absolute atomic E-state index is 0.110. The Morgan fingerprint density at radius 3 is 2.65 bits per heavy atom. The summed E-state index contributed by atoms with van der Waals surface area (Å²) in [6, 6.07) is 16.4. The highest BCUT2D eigenvalue weighted by atomic mass is 16.2. The Kier molecular flexibility index (Phi) is 2.56. The average molecular weight is 303 g/mol. The molecule has 1 saturated carbocycles. The molecule has 1 aliphatic heterocycles. The maximum Gasteiger partial charge on any atom is 0.258 e. The van der Waals surface area contributed by atoms with Crippen molar-refractivity contribution in [2.45, 2.75) is 25.0 Å². The van der Waals surface area contributed by atoms with Crippen LogP contribution in [0.4, 0.5) is 5.69 Å². The minimum atomic E-state index is -0.110. The molecule has 0 unspecified atom stereocenters. The number of nitrogens with one attached hydrogen (secondary N) is 2. The van der Waals surface area contributed by atoms with E-state index in [1.807, 2.05) is 47.5 Å².